The second kappa shape index (κ2) is 6.23. The molecule has 6 nitrogen and oxygen atoms in total. The third-order valence-corrected chi connectivity index (χ3v) is 3.27. The van der Waals surface area contributed by atoms with Crippen molar-refractivity contribution in [3.05, 3.63) is 52.8 Å². The van der Waals surface area contributed by atoms with Crippen LogP contribution in [-0.2, 0) is 13.2 Å². The van der Waals surface area contributed by atoms with Crippen molar-refractivity contribution in [1.29, 1.82) is 5.41 Å². The number of nitrogens with two attached hydrogens (primary N) is 1. The van der Waals surface area contributed by atoms with Gasteiger partial charge in [-0.25, -0.2) is 0 Å². The van der Waals surface area contributed by atoms with Gasteiger partial charge in [-0.2, -0.15) is 0 Å². The quantitative estimate of drug-likeness (QED) is 0.422. The first-order valence-corrected chi connectivity index (χ1v) is 6.48. The van der Waals surface area contributed by atoms with Crippen LogP contribution in [0.4, 0.5) is 5.69 Å². The van der Waals surface area contributed by atoms with E-state index < -0.39 is 0 Å². The molecule has 1 aromatic heterocycles. The summed E-state index contributed by atoms with van der Waals surface area (Å²) < 4.78 is 0. The third kappa shape index (κ3) is 3.29. The van der Waals surface area contributed by atoms with E-state index in [1.807, 2.05) is 12.1 Å². The highest BCUT2D eigenvalue weighted by molar-refractivity contribution is 5.95. The number of rotatable bonds is 5. The fraction of sp³-hybridized carbons (Fsp3) is 0.200. The van der Waals surface area contributed by atoms with Crippen LogP contribution in [0.5, 0.6) is 5.75 Å². The summed E-state index contributed by atoms with van der Waals surface area (Å²) >= 11 is 0. The Morgan fingerprint density at radius 2 is 2.00 bits per heavy atom. The normalized spacial score (nSPS) is 10.4. The minimum Gasteiger partial charge on any atom is -0.506 e. The van der Waals surface area contributed by atoms with Gasteiger partial charge in [0.2, 0.25) is 0 Å². The molecule has 0 radical (unpaired) electrons. The number of hydrogen-bond acceptors (Lipinski definition) is 5. The number of pyridine rings is 1. The van der Waals surface area contributed by atoms with Crippen LogP contribution in [0.25, 0.3) is 0 Å². The Bertz CT molecular complexity index is 653. The standard InChI is InChI=1S/C15H18N4O2/c1-9-14(21)13(8-20)11(6-18-9)7-19-12-4-2-10(3-5-12)15(16)17/h2-6,19-21H,7-8H2,1H3,(H3,16,17). The molecule has 21 heavy (non-hydrogen) atoms. The van der Waals surface area contributed by atoms with E-state index in [0.717, 1.165) is 11.3 Å². The average Bonchev–Trinajstić information content (AvgIpc) is 2.49. The monoisotopic (exact) mass is 286 g/mol. The number of nitrogens with one attached hydrogen (secondary N) is 2. The Morgan fingerprint density at radius 3 is 2.57 bits per heavy atom. The minimum absolute atomic E-state index is 0.0248. The molecule has 0 amide bonds. The Balaban J connectivity index is 2.13. The van der Waals surface area contributed by atoms with Gasteiger partial charge in [0.05, 0.1) is 12.3 Å². The number of aromatic hydroxyl groups is 1. The van der Waals surface area contributed by atoms with Gasteiger partial charge in [-0.05, 0) is 36.8 Å². The molecule has 6 N–H and O–H groups in total. The first-order chi connectivity index (χ1) is 10.0. The summed E-state index contributed by atoms with van der Waals surface area (Å²) in [7, 11) is 0. The number of amidine groups is 1. The van der Waals surface area contributed by atoms with Crippen LogP contribution in [0.1, 0.15) is 22.4 Å². The Labute approximate surface area is 122 Å². The van der Waals surface area contributed by atoms with Crippen LogP contribution in [-0.4, -0.2) is 21.0 Å². The Kier molecular flexibility index (Phi) is 4.39. The van der Waals surface area contributed by atoms with Crippen molar-refractivity contribution >= 4 is 11.5 Å². The SMILES string of the molecule is Cc1ncc(CNc2ccc(C(=N)N)cc2)c(CO)c1O. The van der Waals surface area contributed by atoms with Gasteiger partial charge >= 0.3 is 0 Å². The maximum absolute atomic E-state index is 9.89. The zero-order valence-corrected chi connectivity index (χ0v) is 11.7. The van der Waals surface area contributed by atoms with Crippen molar-refractivity contribution in [2.75, 3.05) is 5.32 Å². The summed E-state index contributed by atoms with van der Waals surface area (Å²) in [5.74, 6) is 0.0560. The van der Waals surface area contributed by atoms with Crippen molar-refractivity contribution in [2.24, 2.45) is 5.73 Å². The van der Waals surface area contributed by atoms with Gasteiger partial charge < -0.3 is 21.3 Å². The number of hydrogen-bond donors (Lipinski definition) is 5. The number of aliphatic hydroxyl groups is 1. The highest BCUT2D eigenvalue weighted by atomic mass is 16.3. The van der Waals surface area contributed by atoms with Crippen LogP contribution in [0.15, 0.2) is 30.5 Å². The molecule has 2 aromatic rings. The summed E-state index contributed by atoms with van der Waals surface area (Å²) in [5.41, 5.74) is 8.61. The predicted octanol–water partition coefficient (Wildman–Crippen LogP) is 1.48. The number of nitrogens with zero attached hydrogens (tertiary/aromatic N) is 1. The summed E-state index contributed by atoms with van der Waals surface area (Å²) in [6.07, 6.45) is 1.64. The van der Waals surface area contributed by atoms with Crippen molar-refractivity contribution < 1.29 is 10.2 Å². The van der Waals surface area contributed by atoms with E-state index in [2.05, 4.69) is 10.3 Å². The lowest BCUT2D eigenvalue weighted by molar-refractivity contribution is 0.273. The predicted molar refractivity (Wildman–Crippen MR) is 81.3 cm³/mol. The van der Waals surface area contributed by atoms with E-state index in [1.165, 1.54) is 0 Å². The molecule has 0 aliphatic rings. The zero-order chi connectivity index (χ0) is 15.4. The van der Waals surface area contributed by atoms with Gasteiger partial charge in [0.1, 0.15) is 11.6 Å². The molecule has 0 aliphatic heterocycles. The molecule has 6 heteroatoms. The fourth-order valence-corrected chi connectivity index (χ4v) is 1.98. The minimum atomic E-state index is -0.241. The van der Waals surface area contributed by atoms with E-state index in [-0.39, 0.29) is 18.2 Å². The molecule has 0 saturated carbocycles. The smallest absolute Gasteiger partial charge is 0.142 e. The number of aromatic nitrogens is 1. The van der Waals surface area contributed by atoms with Gasteiger partial charge in [-0.15, -0.1) is 0 Å². The molecular formula is C15H18N4O2. The molecule has 0 atom stereocenters. The molecule has 110 valence electrons. The summed E-state index contributed by atoms with van der Waals surface area (Å²) in [6.45, 7) is 1.87. The Hall–Kier alpha value is -2.60. The lowest BCUT2D eigenvalue weighted by Crippen LogP contribution is -2.11. The van der Waals surface area contributed by atoms with E-state index >= 15 is 0 Å². The largest absolute Gasteiger partial charge is 0.506 e. The highest BCUT2D eigenvalue weighted by Gasteiger charge is 2.10. The Morgan fingerprint density at radius 1 is 1.33 bits per heavy atom. The second-order valence-electron chi connectivity index (χ2n) is 4.70. The lowest BCUT2D eigenvalue weighted by atomic mass is 10.1. The molecule has 0 spiro atoms. The van der Waals surface area contributed by atoms with Crippen LogP contribution in [0.3, 0.4) is 0 Å². The molecule has 0 fully saturated rings. The molecular weight excluding hydrogens is 268 g/mol. The van der Waals surface area contributed by atoms with Crippen molar-refractivity contribution in [3.63, 3.8) is 0 Å². The second-order valence-corrected chi connectivity index (χ2v) is 4.70. The molecule has 0 saturated heterocycles. The van der Waals surface area contributed by atoms with Crippen LogP contribution in [0, 0.1) is 12.3 Å². The van der Waals surface area contributed by atoms with Crippen LogP contribution >= 0.6 is 0 Å². The van der Waals surface area contributed by atoms with Gasteiger partial charge in [-0.1, -0.05) is 0 Å². The molecule has 0 aliphatic carbocycles. The first-order valence-electron chi connectivity index (χ1n) is 6.48. The average molecular weight is 286 g/mol. The van der Waals surface area contributed by atoms with Crippen molar-refractivity contribution in [2.45, 2.75) is 20.1 Å². The molecule has 0 unspecified atom stereocenters. The van der Waals surface area contributed by atoms with Crippen LogP contribution in [0.2, 0.25) is 0 Å². The molecule has 1 heterocycles. The number of aryl methyl sites for hydroxylation is 1. The van der Waals surface area contributed by atoms with Gasteiger partial charge in [-0.3, -0.25) is 10.4 Å². The van der Waals surface area contributed by atoms with Gasteiger partial charge in [0.25, 0.3) is 0 Å². The summed E-state index contributed by atoms with van der Waals surface area (Å²) in [5, 5.41) is 29.8. The fourth-order valence-electron chi connectivity index (χ4n) is 1.98. The molecule has 2 rings (SSSR count). The number of benzene rings is 1. The maximum atomic E-state index is 9.89. The van der Waals surface area contributed by atoms with E-state index in [9.17, 15) is 10.2 Å². The molecule has 1 aromatic carbocycles. The van der Waals surface area contributed by atoms with E-state index in [0.29, 0.717) is 23.4 Å². The van der Waals surface area contributed by atoms with E-state index in [4.69, 9.17) is 11.1 Å². The lowest BCUT2D eigenvalue weighted by Gasteiger charge is -2.12. The number of anilines is 1. The summed E-state index contributed by atoms with van der Waals surface area (Å²) in [4.78, 5) is 4.09. The zero-order valence-electron chi connectivity index (χ0n) is 11.7. The number of aliphatic hydroxyl groups excluding tert-OH is 1. The maximum Gasteiger partial charge on any atom is 0.142 e. The summed E-state index contributed by atoms with van der Waals surface area (Å²) in [6, 6.07) is 7.14. The van der Waals surface area contributed by atoms with Crippen molar-refractivity contribution in [1.82, 2.24) is 4.98 Å². The topological polar surface area (TPSA) is 115 Å². The van der Waals surface area contributed by atoms with E-state index in [1.54, 1.807) is 25.3 Å². The van der Waals surface area contributed by atoms with Gasteiger partial charge in [0, 0.05) is 29.6 Å². The third-order valence-electron chi connectivity index (χ3n) is 3.27. The van der Waals surface area contributed by atoms with Crippen molar-refractivity contribution in [3.8, 4) is 5.75 Å². The molecule has 0 bridgehead atoms. The number of nitrogen functional groups attached to an aromatic ring is 1. The first kappa shape index (κ1) is 14.8. The van der Waals surface area contributed by atoms with Crippen LogP contribution < -0.4 is 11.1 Å². The highest BCUT2D eigenvalue weighted by Crippen LogP contribution is 2.24. The van der Waals surface area contributed by atoms with Gasteiger partial charge in [0.15, 0.2) is 0 Å².